The van der Waals surface area contributed by atoms with Crippen molar-refractivity contribution in [2.45, 2.75) is 26.2 Å². The van der Waals surface area contributed by atoms with Gasteiger partial charge in [-0.25, -0.2) is 0 Å². The summed E-state index contributed by atoms with van der Waals surface area (Å²) in [6.45, 7) is 2.12. The number of benzene rings is 1. The zero-order valence-electron chi connectivity index (χ0n) is 11.9. The first-order chi connectivity index (χ1) is 9.62. The molecule has 0 aliphatic carbocycles. The Morgan fingerprint density at radius 3 is 2.45 bits per heavy atom. The standard InChI is InChI=1S/C16H20Cl2N2/c1-3-15-10-16(20(2)19-15)9-13(11-17)8-12-4-6-14(18)7-5-12/h4-7,10,13H,3,8-9,11H2,1-2H3. The fourth-order valence-corrected chi connectivity index (χ4v) is 2.71. The van der Waals surface area contributed by atoms with Crippen LogP contribution in [0.2, 0.25) is 5.02 Å². The lowest BCUT2D eigenvalue weighted by Crippen LogP contribution is -2.12. The van der Waals surface area contributed by atoms with E-state index in [0.29, 0.717) is 11.8 Å². The van der Waals surface area contributed by atoms with Gasteiger partial charge in [0.15, 0.2) is 0 Å². The van der Waals surface area contributed by atoms with Crippen LogP contribution in [0.5, 0.6) is 0 Å². The largest absolute Gasteiger partial charge is 0.272 e. The summed E-state index contributed by atoms with van der Waals surface area (Å²) in [4.78, 5) is 0. The Hall–Kier alpha value is -0.990. The topological polar surface area (TPSA) is 17.8 Å². The quantitative estimate of drug-likeness (QED) is 0.728. The van der Waals surface area contributed by atoms with Crippen molar-refractivity contribution in [3.05, 3.63) is 52.3 Å². The van der Waals surface area contributed by atoms with E-state index < -0.39 is 0 Å². The summed E-state index contributed by atoms with van der Waals surface area (Å²) in [5.41, 5.74) is 3.67. The van der Waals surface area contributed by atoms with E-state index in [0.717, 1.165) is 30.0 Å². The third-order valence-corrected chi connectivity index (χ3v) is 4.23. The van der Waals surface area contributed by atoms with Crippen LogP contribution in [0.25, 0.3) is 0 Å². The smallest absolute Gasteiger partial charge is 0.0624 e. The van der Waals surface area contributed by atoms with E-state index >= 15 is 0 Å². The molecule has 1 aromatic carbocycles. The van der Waals surface area contributed by atoms with E-state index in [1.165, 1.54) is 11.3 Å². The third kappa shape index (κ3) is 4.00. The van der Waals surface area contributed by atoms with Crippen LogP contribution in [0.1, 0.15) is 23.9 Å². The number of rotatable bonds is 6. The minimum absolute atomic E-state index is 0.415. The maximum atomic E-state index is 6.14. The second kappa shape index (κ2) is 7.14. The second-order valence-electron chi connectivity index (χ2n) is 5.16. The van der Waals surface area contributed by atoms with Crippen molar-refractivity contribution in [1.29, 1.82) is 0 Å². The van der Waals surface area contributed by atoms with E-state index in [1.54, 1.807) is 0 Å². The highest BCUT2D eigenvalue weighted by Gasteiger charge is 2.13. The fourth-order valence-electron chi connectivity index (χ4n) is 2.37. The maximum Gasteiger partial charge on any atom is 0.0624 e. The summed E-state index contributed by atoms with van der Waals surface area (Å²) in [5, 5.41) is 5.26. The average Bonchev–Trinajstić information content (AvgIpc) is 2.81. The summed E-state index contributed by atoms with van der Waals surface area (Å²) in [6.07, 6.45) is 2.89. The molecule has 1 aromatic heterocycles. The first-order valence-electron chi connectivity index (χ1n) is 6.94. The number of aromatic nitrogens is 2. The van der Waals surface area contributed by atoms with Gasteiger partial charge >= 0.3 is 0 Å². The minimum Gasteiger partial charge on any atom is -0.272 e. The Labute approximate surface area is 130 Å². The van der Waals surface area contributed by atoms with Crippen LogP contribution in [0, 0.1) is 5.92 Å². The summed E-state index contributed by atoms with van der Waals surface area (Å²) in [5.74, 6) is 1.06. The van der Waals surface area contributed by atoms with Crippen molar-refractivity contribution in [2.24, 2.45) is 13.0 Å². The van der Waals surface area contributed by atoms with Crippen molar-refractivity contribution >= 4 is 23.2 Å². The number of aryl methyl sites for hydroxylation is 2. The molecule has 2 nitrogen and oxygen atoms in total. The predicted octanol–water partition coefficient (Wildman–Crippen LogP) is 4.28. The van der Waals surface area contributed by atoms with Gasteiger partial charge in [-0.2, -0.15) is 5.10 Å². The molecule has 2 aromatic rings. The molecule has 0 fully saturated rings. The molecule has 108 valence electrons. The third-order valence-electron chi connectivity index (χ3n) is 3.54. The van der Waals surface area contributed by atoms with Crippen LogP contribution < -0.4 is 0 Å². The lowest BCUT2D eigenvalue weighted by Gasteiger charge is -2.14. The van der Waals surface area contributed by atoms with Crippen molar-refractivity contribution in [1.82, 2.24) is 9.78 Å². The molecular weight excluding hydrogens is 291 g/mol. The van der Waals surface area contributed by atoms with Crippen LogP contribution >= 0.6 is 23.2 Å². The monoisotopic (exact) mass is 310 g/mol. The van der Waals surface area contributed by atoms with Crippen LogP contribution in [0.15, 0.2) is 30.3 Å². The molecule has 2 rings (SSSR count). The van der Waals surface area contributed by atoms with Crippen LogP contribution in [-0.2, 0) is 26.3 Å². The van der Waals surface area contributed by atoms with Gasteiger partial charge < -0.3 is 0 Å². The SMILES string of the molecule is CCc1cc(CC(CCl)Cc2ccc(Cl)cc2)n(C)n1. The lowest BCUT2D eigenvalue weighted by atomic mass is 9.96. The Balaban J connectivity index is 2.04. The number of halogens is 2. The number of alkyl halides is 1. The Bertz CT molecular complexity index is 546. The molecular formula is C16H20Cl2N2. The first-order valence-corrected chi connectivity index (χ1v) is 7.85. The van der Waals surface area contributed by atoms with Crippen LogP contribution in [-0.4, -0.2) is 15.7 Å². The van der Waals surface area contributed by atoms with Gasteiger partial charge in [-0.1, -0.05) is 30.7 Å². The number of nitrogens with zero attached hydrogens (tertiary/aromatic N) is 2. The molecule has 0 saturated heterocycles. The first kappa shape index (κ1) is 15.4. The molecule has 1 atom stereocenters. The predicted molar refractivity (Wildman–Crippen MR) is 85.7 cm³/mol. The van der Waals surface area contributed by atoms with Gasteiger partial charge in [0, 0.05) is 23.6 Å². The molecule has 20 heavy (non-hydrogen) atoms. The molecule has 0 aliphatic rings. The maximum absolute atomic E-state index is 6.14. The Morgan fingerprint density at radius 2 is 1.90 bits per heavy atom. The Kier molecular flexibility index (Phi) is 5.50. The summed E-state index contributed by atoms with van der Waals surface area (Å²) < 4.78 is 1.97. The molecule has 0 N–H and O–H groups in total. The van der Waals surface area contributed by atoms with Gasteiger partial charge in [-0.05, 0) is 48.9 Å². The van der Waals surface area contributed by atoms with E-state index in [2.05, 4.69) is 30.2 Å². The minimum atomic E-state index is 0.415. The van der Waals surface area contributed by atoms with E-state index in [4.69, 9.17) is 23.2 Å². The van der Waals surface area contributed by atoms with Gasteiger partial charge in [0.25, 0.3) is 0 Å². The second-order valence-corrected chi connectivity index (χ2v) is 5.90. The van der Waals surface area contributed by atoms with Crippen molar-refractivity contribution < 1.29 is 0 Å². The highest BCUT2D eigenvalue weighted by Crippen LogP contribution is 2.18. The van der Waals surface area contributed by atoms with Gasteiger partial charge in [0.1, 0.15) is 0 Å². The highest BCUT2D eigenvalue weighted by molar-refractivity contribution is 6.30. The fraction of sp³-hybridized carbons (Fsp3) is 0.438. The van der Waals surface area contributed by atoms with E-state index in [-0.39, 0.29) is 0 Å². The summed E-state index contributed by atoms with van der Waals surface area (Å²) in [6, 6.07) is 10.2. The van der Waals surface area contributed by atoms with Gasteiger partial charge in [-0.3, -0.25) is 4.68 Å². The van der Waals surface area contributed by atoms with Gasteiger partial charge in [-0.15, -0.1) is 11.6 Å². The normalized spacial score (nSPS) is 12.6. The molecule has 0 spiro atoms. The van der Waals surface area contributed by atoms with Crippen LogP contribution in [0.4, 0.5) is 0 Å². The van der Waals surface area contributed by atoms with E-state index in [1.807, 2.05) is 23.9 Å². The van der Waals surface area contributed by atoms with Crippen molar-refractivity contribution in [2.75, 3.05) is 5.88 Å². The average molecular weight is 311 g/mol. The number of hydrogen-bond acceptors (Lipinski definition) is 1. The molecule has 0 saturated carbocycles. The highest BCUT2D eigenvalue weighted by atomic mass is 35.5. The van der Waals surface area contributed by atoms with Gasteiger partial charge in [0.05, 0.1) is 5.69 Å². The molecule has 4 heteroatoms. The Morgan fingerprint density at radius 1 is 1.20 bits per heavy atom. The zero-order valence-corrected chi connectivity index (χ0v) is 13.5. The molecule has 0 aliphatic heterocycles. The molecule has 0 bridgehead atoms. The summed E-state index contributed by atoms with van der Waals surface area (Å²) in [7, 11) is 2.00. The molecule has 0 radical (unpaired) electrons. The summed E-state index contributed by atoms with van der Waals surface area (Å²) >= 11 is 12.0. The lowest BCUT2D eigenvalue weighted by molar-refractivity contribution is 0.551. The van der Waals surface area contributed by atoms with Gasteiger partial charge in [0.2, 0.25) is 0 Å². The van der Waals surface area contributed by atoms with Crippen molar-refractivity contribution in [3.63, 3.8) is 0 Å². The van der Waals surface area contributed by atoms with Crippen LogP contribution in [0.3, 0.4) is 0 Å². The molecule has 1 heterocycles. The molecule has 1 unspecified atom stereocenters. The number of hydrogen-bond donors (Lipinski definition) is 0. The van der Waals surface area contributed by atoms with Crippen molar-refractivity contribution in [3.8, 4) is 0 Å². The molecule has 0 amide bonds. The zero-order chi connectivity index (χ0) is 14.5. The van der Waals surface area contributed by atoms with E-state index in [9.17, 15) is 0 Å².